The summed E-state index contributed by atoms with van der Waals surface area (Å²) in [6, 6.07) is 9.23. The fourth-order valence-electron chi connectivity index (χ4n) is 4.16. The number of amides is 1. The Morgan fingerprint density at radius 2 is 1.97 bits per heavy atom. The van der Waals surface area contributed by atoms with Gasteiger partial charge < -0.3 is 14.0 Å². The number of carbonyl (C=O) groups is 2. The van der Waals surface area contributed by atoms with Crippen LogP contribution in [0.3, 0.4) is 0 Å². The molecule has 4 rings (SSSR count). The summed E-state index contributed by atoms with van der Waals surface area (Å²) in [5.41, 5.74) is 1.78. The van der Waals surface area contributed by atoms with E-state index in [2.05, 4.69) is 4.99 Å². The Labute approximate surface area is 224 Å². The lowest BCUT2D eigenvalue weighted by Gasteiger charge is -2.20. The normalized spacial score (nSPS) is 16.6. The predicted molar refractivity (Wildman–Crippen MR) is 141 cm³/mol. The summed E-state index contributed by atoms with van der Waals surface area (Å²) in [6.45, 7) is 4.61. The molecule has 37 heavy (non-hydrogen) atoms. The minimum Gasteiger partial charge on any atom is -0.465 e. The Bertz CT molecular complexity index is 1490. The molecule has 0 N–H and O–H groups in total. The van der Waals surface area contributed by atoms with E-state index in [0.717, 1.165) is 18.4 Å². The predicted octanol–water partition coefficient (Wildman–Crippen LogP) is 3.77. The molecule has 1 fully saturated rings. The molecule has 1 amide bonds. The van der Waals surface area contributed by atoms with Crippen LogP contribution in [0, 0.1) is 6.92 Å². The molecule has 1 aliphatic rings. The van der Waals surface area contributed by atoms with Gasteiger partial charge in [-0.2, -0.15) is 9.30 Å². The van der Waals surface area contributed by atoms with Crippen molar-refractivity contribution in [1.29, 1.82) is 0 Å². The zero-order valence-corrected chi connectivity index (χ0v) is 23.2. The quantitative estimate of drug-likeness (QED) is 0.385. The standard InChI is InChI=1S/C25H28ClN3O6S2/c1-4-34-21(30)15-29-22-16(2)7-12-20(26)23(22)36-25(29)27-24(31)17-8-10-19(11-9-17)37(32,33)28(3)14-18-6-5-13-35-18/h7-12,18H,4-6,13-15H2,1-3H3. The van der Waals surface area contributed by atoms with Crippen molar-refractivity contribution in [3.8, 4) is 0 Å². The lowest BCUT2D eigenvalue weighted by atomic mass is 10.2. The number of aromatic nitrogens is 1. The maximum absolute atomic E-state index is 13.1. The fraction of sp³-hybridized carbons (Fsp3) is 0.400. The first-order valence-electron chi connectivity index (χ1n) is 11.8. The summed E-state index contributed by atoms with van der Waals surface area (Å²) in [7, 11) is -2.22. The highest BCUT2D eigenvalue weighted by molar-refractivity contribution is 7.89. The van der Waals surface area contributed by atoms with Crippen molar-refractivity contribution < 1.29 is 27.5 Å². The van der Waals surface area contributed by atoms with Crippen LogP contribution in [0.15, 0.2) is 46.3 Å². The van der Waals surface area contributed by atoms with Gasteiger partial charge in [-0.25, -0.2) is 8.42 Å². The highest BCUT2D eigenvalue weighted by atomic mass is 35.5. The summed E-state index contributed by atoms with van der Waals surface area (Å²) >= 11 is 7.59. The lowest BCUT2D eigenvalue weighted by Crippen LogP contribution is -2.34. The van der Waals surface area contributed by atoms with Gasteiger partial charge in [0.1, 0.15) is 6.54 Å². The minimum atomic E-state index is -3.74. The summed E-state index contributed by atoms with van der Waals surface area (Å²) in [4.78, 5) is 30.0. The number of esters is 1. The van der Waals surface area contributed by atoms with Gasteiger partial charge in [0.25, 0.3) is 5.91 Å². The number of likely N-dealkylation sites (N-methyl/N-ethyl adjacent to an activating group) is 1. The number of nitrogens with zero attached hydrogens (tertiary/aromatic N) is 3. The first-order chi connectivity index (χ1) is 17.6. The number of sulfonamides is 1. The van der Waals surface area contributed by atoms with Gasteiger partial charge >= 0.3 is 5.97 Å². The number of rotatable bonds is 8. The average Bonchev–Trinajstić information content (AvgIpc) is 3.50. The van der Waals surface area contributed by atoms with Crippen LogP contribution >= 0.6 is 22.9 Å². The second kappa shape index (κ2) is 11.4. The van der Waals surface area contributed by atoms with Gasteiger partial charge in [-0.05, 0) is 62.6 Å². The molecule has 0 aliphatic carbocycles. The van der Waals surface area contributed by atoms with Crippen LogP contribution in [0.4, 0.5) is 0 Å². The SMILES string of the molecule is CCOC(=O)Cn1c(=NC(=O)c2ccc(S(=O)(=O)N(C)CC3CCCO3)cc2)sc2c(Cl)ccc(C)c21. The molecule has 0 spiro atoms. The maximum Gasteiger partial charge on any atom is 0.326 e. The molecule has 2 heterocycles. The second-order valence-corrected chi connectivity index (χ2v) is 12.1. The van der Waals surface area contributed by atoms with Crippen LogP contribution in [0.1, 0.15) is 35.7 Å². The first kappa shape index (κ1) is 27.5. The van der Waals surface area contributed by atoms with Crippen LogP contribution in [0.25, 0.3) is 10.2 Å². The van der Waals surface area contributed by atoms with Gasteiger partial charge in [-0.15, -0.1) is 0 Å². The number of benzene rings is 2. The number of ether oxygens (including phenoxy) is 2. The Hall–Kier alpha value is -2.57. The maximum atomic E-state index is 13.1. The smallest absolute Gasteiger partial charge is 0.326 e. The molecule has 0 bridgehead atoms. The summed E-state index contributed by atoms with van der Waals surface area (Å²) in [6.07, 6.45) is 1.64. The minimum absolute atomic E-state index is 0.0752. The number of halogens is 1. The second-order valence-electron chi connectivity index (χ2n) is 8.68. The highest BCUT2D eigenvalue weighted by Crippen LogP contribution is 2.29. The number of hydrogen-bond donors (Lipinski definition) is 0. The number of carbonyl (C=O) groups excluding carboxylic acids is 2. The molecule has 2 aromatic carbocycles. The van der Waals surface area contributed by atoms with E-state index in [1.54, 1.807) is 17.6 Å². The molecule has 1 aromatic heterocycles. The number of aryl methyl sites for hydroxylation is 1. The van der Waals surface area contributed by atoms with E-state index >= 15 is 0 Å². The van der Waals surface area contributed by atoms with Crippen molar-refractivity contribution in [1.82, 2.24) is 8.87 Å². The van der Waals surface area contributed by atoms with E-state index in [1.165, 1.54) is 47.0 Å². The van der Waals surface area contributed by atoms with Crippen molar-refractivity contribution in [3.05, 3.63) is 57.3 Å². The van der Waals surface area contributed by atoms with Gasteiger partial charge in [0.2, 0.25) is 10.0 Å². The van der Waals surface area contributed by atoms with Crippen LogP contribution in [0.5, 0.6) is 0 Å². The van der Waals surface area contributed by atoms with E-state index in [-0.39, 0.29) is 41.1 Å². The molecular weight excluding hydrogens is 538 g/mol. The molecule has 12 heteroatoms. The number of thiazole rings is 1. The van der Waals surface area contributed by atoms with Gasteiger partial charge in [0, 0.05) is 25.8 Å². The third kappa shape index (κ3) is 5.96. The first-order valence-corrected chi connectivity index (χ1v) is 14.5. The van der Waals surface area contributed by atoms with Crippen molar-refractivity contribution in [2.45, 2.75) is 44.2 Å². The molecule has 0 radical (unpaired) electrons. The van der Waals surface area contributed by atoms with Crippen LogP contribution in [-0.2, 0) is 30.8 Å². The van der Waals surface area contributed by atoms with Crippen molar-refractivity contribution in [2.75, 3.05) is 26.8 Å². The third-order valence-corrected chi connectivity index (χ3v) is 9.44. The zero-order valence-electron chi connectivity index (χ0n) is 20.8. The molecule has 0 saturated carbocycles. The van der Waals surface area contributed by atoms with E-state index < -0.39 is 21.9 Å². The van der Waals surface area contributed by atoms with Crippen molar-refractivity contribution in [2.24, 2.45) is 4.99 Å². The average molecular weight is 566 g/mol. The van der Waals surface area contributed by atoms with Gasteiger partial charge in [0.15, 0.2) is 4.80 Å². The van der Waals surface area contributed by atoms with Crippen LogP contribution < -0.4 is 4.80 Å². The van der Waals surface area contributed by atoms with Crippen molar-refractivity contribution >= 4 is 55.1 Å². The van der Waals surface area contributed by atoms with Crippen molar-refractivity contribution in [3.63, 3.8) is 0 Å². The Kier molecular flexibility index (Phi) is 8.49. The molecule has 3 aromatic rings. The number of fused-ring (bicyclic) bond motifs is 1. The topological polar surface area (TPSA) is 107 Å². The third-order valence-electron chi connectivity index (χ3n) is 6.06. The monoisotopic (exact) mass is 565 g/mol. The Morgan fingerprint density at radius 1 is 1.24 bits per heavy atom. The number of hydrogen-bond acceptors (Lipinski definition) is 7. The molecule has 1 atom stereocenters. The highest BCUT2D eigenvalue weighted by Gasteiger charge is 2.26. The molecule has 9 nitrogen and oxygen atoms in total. The van der Waals surface area contributed by atoms with E-state index in [9.17, 15) is 18.0 Å². The molecule has 1 aliphatic heterocycles. The zero-order chi connectivity index (χ0) is 26.7. The molecule has 198 valence electrons. The molecule has 1 unspecified atom stereocenters. The summed E-state index contributed by atoms with van der Waals surface area (Å²) in [5.74, 6) is -1.04. The Morgan fingerprint density at radius 3 is 2.62 bits per heavy atom. The van der Waals surface area contributed by atoms with Crippen LogP contribution in [0.2, 0.25) is 5.02 Å². The Balaban J connectivity index is 1.64. The van der Waals surface area contributed by atoms with E-state index in [1.807, 2.05) is 13.0 Å². The lowest BCUT2D eigenvalue weighted by molar-refractivity contribution is -0.143. The fourth-order valence-corrected chi connectivity index (χ4v) is 6.74. The van der Waals surface area contributed by atoms with Gasteiger partial charge in [-0.1, -0.05) is 29.0 Å². The summed E-state index contributed by atoms with van der Waals surface area (Å²) < 4.78 is 40.2. The van der Waals surface area contributed by atoms with Crippen LogP contribution in [-0.4, -0.2) is 62.1 Å². The largest absolute Gasteiger partial charge is 0.465 e. The molecule has 1 saturated heterocycles. The van der Waals surface area contributed by atoms with E-state index in [0.29, 0.717) is 21.8 Å². The van der Waals surface area contributed by atoms with Gasteiger partial charge in [-0.3, -0.25) is 9.59 Å². The van der Waals surface area contributed by atoms with Gasteiger partial charge in [0.05, 0.1) is 32.8 Å². The summed E-state index contributed by atoms with van der Waals surface area (Å²) in [5, 5.41) is 0.485. The molecular formula is C25H28ClN3O6S2. The van der Waals surface area contributed by atoms with E-state index in [4.69, 9.17) is 21.1 Å².